The molecule has 0 bridgehead atoms. The molecule has 0 saturated heterocycles. The Morgan fingerprint density at radius 2 is 1.60 bits per heavy atom. The molecule has 6 nitrogen and oxygen atoms in total. The van der Waals surface area contributed by atoms with Crippen LogP contribution in [0.15, 0.2) is 54.6 Å². The third-order valence-corrected chi connectivity index (χ3v) is 6.15. The van der Waals surface area contributed by atoms with Crippen molar-refractivity contribution in [2.24, 2.45) is 11.7 Å². The minimum absolute atomic E-state index is 0.00565. The molecular weight excluding hydrogens is 438 g/mol. The van der Waals surface area contributed by atoms with Gasteiger partial charge >= 0.3 is 0 Å². The molecule has 0 saturated carbocycles. The Hall–Kier alpha value is -2.86. The molecule has 0 heterocycles. The molecule has 0 aliphatic rings. The Labute approximate surface area is 211 Å². The van der Waals surface area contributed by atoms with Crippen LogP contribution < -0.4 is 21.1 Å². The lowest BCUT2D eigenvalue weighted by molar-refractivity contribution is -0.123. The van der Waals surface area contributed by atoms with Gasteiger partial charge in [0.15, 0.2) is 0 Å². The van der Waals surface area contributed by atoms with E-state index in [2.05, 4.69) is 36.6 Å². The van der Waals surface area contributed by atoms with Crippen LogP contribution in [0.2, 0.25) is 0 Å². The van der Waals surface area contributed by atoms with E-state index in [0.717, 1.165) is 36.1 Å². The van der Waals surface area contributed by atoms with E-state index in [4.69, 9.17) is 10.5 Å². The van der Waals surface area contributed by atoms with E-state index in [1.807, 2.05) is 49.4 Å². The van der Waals surface area contributed by atoms with Gasteiger partial charge in [-0.15, -0.1) is 0 Å². The van der Waals surface area contributed by atoms with Gasteiger partial charge < -0.3 is 21.1 Å². The Morgan fingerprint density at radius 3 is 2.26 bits per heavy atom. The second-order valence-electron chi connectivity index (χ2n) is 9.41. The fraction of sp³-hybridized carbons (Fsp3) is 0.517. The summed E-state index contributed by atoms with van der Waals surface area (Å²) in [6.45, 7) is 8.10. The standard InChI is InChI=1S/C29H43N3O3/c1-4-9-22(3)21-35-26-15-13-24(14-16-26)25(20-32-29(34)27(30)10-5-2)17-18-31-28(33)19-23-11-7-6-8-12-23/h6-8,11-16,22,25,27H,4-5,9-10,17-21,30H2,1-3H3,(H,31,33)(H,32,34)/t22?,25-,27+/m0/s1. The maximum Gasteiger partial charge on any atom is 0.236 e. The number of carbonyl (C=O) groups is 2. The van der Waals surface area contributed by atoms with Crippen LogP contribution in [0.25, 0.3) is 0 Å². The molecule has 0 aliphatic heterocycles. The molecule has 3 atom stereocenters. The fourth-order valence-electron chi connectivity index (χ4n) is 4.06. The fourth-order valence-corrected chi connectivity index (χ4v) is 4.06. The van der Waals surface area contributed by atoms with E-state index < -0.39 is 6.04 Å². The summed E-state index contributed by atoms with van der Waals surface area (Å²) in [5.74, 6) is 1.29. The number of hydrogen-bond acceptors (Lipinski definition) is 4. The monoisotopic (exact) mass is 481 g/mol. The van der Waals surface area contributed by atoms with Crippen molar-refractivity contribution in [2.75, 3.05) is 19.7 Å². The molecule has 2 aromatic rings. The van der Waals surface area contributed by atoms with Crippen molar-refractivity contribution in [1.82, 2.24) is 10.6 Å². The van der Waals surface area contributed by atoms with E-state index in [0.29, 0.717) is 44.9 Å². The van der Waals surface area contributed by atoms with Crippen molar-refractivity contribution in [3.63, 3.8) is 0 Å². The van der Waals surface area contributed by atoms with E-state index >= 15 is 0 Å². The third kappa shape index (κ3) is 11.0. The molecule has 35 heavy (non-hydrogen) atoms. The van der Waals surface area contributed by atoms with E-state index in [9.17, 15) is 9.59 Å². The number of benzene rings is 2. The third-order valence-electron chi connectivity index (χ3n) is 6.15. The lowest BCUT2D eigenvalue weighted by Crippen LogP contribution is -2.42. The Bertz CT molecular complexity index is 871. The second-order valence-corrected chi connectivity index (χ2v) is 9.41. The van der Waals surface area contributed by atoms with Crippen LogP contribution in [-0.2, 0) is 16.0 Å². The maximum atomic E-state index is 12.4. The smallest absolute Gasteiger partial charge is 0.236 e. The molecule has 2 rings (SSSR count). The molecule has 0 fully saturated rings. The number of hydrogen-bond donors (Lipinski definition) is 3. The van der Waals surface area contributed by atoms with Gasteiger partial charge in [0.1, 0.15) is 5.75 Å². The molecule has 4 N–H and O–H groups in total. The molecule has 192 valence electrons. The Kier molecular flexibility index (Phi) is 12.9. The van der Waals surface area contributed by atoms with Crippen LogP contribution in [-0.4, -0.2) is 37.6 Å². The minimum Gasteiger partial charge on any atom is -0.493 e. The minimum atomic E-state index is -0.493. The predicted molar refractivity (Wildman–Crippen MR) is 142 cm³/mol. The van der Waals surface area contributed by atoms with Gasteiger partial charge in [0.05, 0.1) is 19.1 Å². The molecular formula is C29H43N3O3. The van der Waals surface area contributed by atoms with Gasteiger partial charge in [-0.3, -0.25) is 9.59 Å². The Balaban J connectivity index is 1.95. The molecule has 2 amide bonds. The summed E-state index contributed by atoms with van der Waals surface area (Å²) in [5, 5.41) is 6.02. The lowest BCUT2D eigenvalue weighted by Gasteiger charge is -2.20. The highest BCUT2D eigenvalue weighted by Gasteiger charge is 2.17. The van der Waals surface area contributed by atoms with E-state index in [1.165, 1.54) is 0 Å². The summed E-state index contributed by atoms with van der Waals surface area (Å²) in [6, 6.07) is 17.3. The van der Waals surface area contributed by atoms with Crippen molar-refractivity contribution in [3.05, 3.63) is 65.7 Å². The van der Waals surface area contributed by atoms with E-state index in [-0.39, 0.29) is 17.7 Å². The maximum absolute atomic E-state index is 12.4. The summed E-state index contributed by atoms with van der Waals surface area (Å²) in [5.41, 5.74) is 8.07. The molecule has 2 aromatic carbocycles. The van der Waals surface area contributed by atoms with Crippen LogP contribution >= 0.6 is 0 Å². The van der Waals surface area contributed by atoms with Gasteiger partial charge in [-0.2, -0.15) is 0 Å². The molecule has 0 radical (unpaired) electrons. The van der Waals surface area contributed by atoms with Gasteiger partial charge in [0.25, 0.3) is 0 Å². The number of carbonyl (C=O) groups excluding carboxylic acids is 2. The van der Waals surface area contributed by atoms with Crippen molar-refractivity contribution in [3.8, 4) is 5.75 Å². The first-order valence-corrected chi connectivity index (χ1v) is 13.0. The zero-order chi connectivity index (χ0) is 25.5. The van der Waals surface area contributed by atoms with Crippen LogP contribution in [0, 0.1) is 5.92 Å². The summed E-state index contributed by atoms with van der Waals surface area (Å²) in [4.78, 5) is 24.7. The highest BCUT2D eigenvalue weighted by molar-refractivity contribution is 5.81. The average molecular weight is 482 g/mol. The Morgan fingerprint density at radius 1 is 0.914 bits per heavy atom. The number of rotatable bonds is 16. The quantitative estimate of drug-likeness (QED) is 0.327. The predicted octanol–water partition coefficient (Wildman–Crippen LogP) is 4.58. The molecule has 0 aromatic heterocycles. The van der Waals surface area contributed by atoms with Crippen LogP contribution in [0.5, 0.6) is 5.75 Å². The van der Waals surface area contributed by atoms with Crippen molar-refractivity contribution < 1.29 is 14.3 Å². The summed E-state index contributed by atoms with van der Waals surface area (Å²) in [6.07, 6.45) is 4.89. The highest BCUT2D eigenvalue weighted by Crippen LogP contribution is 2.23. The number of amides is 2. The largest absolute Gasteiger partial charge is 0.493 e. The summed E-state index contributed by atoms with van der Waals surface area (Å²) < 4.78 is 5.94. The summed E-state index contributed by atoms with van der Waals surface area (Å²) >= 11 is 0. The zero-order valence-corrected chi connectivity index (χ0v) is 21.6. The highest BCUT2D eigenvalue weighted by atomic mass is 16.5. The van der Waals surface area contributed by atoms with E-state index in [1.54, 1.807) is 0 Å². The molecule has 1 unspecified atom stereocenters. The lowest BCUT2D eigenvalue weighted by atomic mass is 9.95. The second kappa shape index (κ2) is 15.9. The first kappa shape index (κ1) is 28.4. The van der Waals surface area contributed by atoms with Crippen LogP contribution in [0.3, 0.4) is 0 Å². The van der Waals surface area contributed by atoms with Crippen LogP contribution in [0.4, 0.5) is 0 Å². The molecule has 0 aliphatic carbocycles. The van der Waals surface area contributed by atoms with Crippen LogP contribution in [0.1, 0.15) is 69.9 Å². The zero-order valence-electron chi connectivity index (χ0n) is 21.6. The summed E-state index contributed by atoms with van der Waals surface area (Å²) in [7, 11) is 0. The first-order valence-electron chi connectivity index (χ1n) is 13.0. The number of nitrogens with two attached hydrogens (primary N) is 1. The number of nitrogens with one attached hydrogen (secondary N) is 2. The van der Waals surface area contributed by atoms with Gasteiger partial charge in [-0.1, -0.05) is 76.1 Å². The van der Waals surface area contributed by atoms with Crippen molar-refractivity contribution in [2.45, 2.75) is 71.3 Å². The van der Waals surface area contributed by atoms with Crippen molar-refractivity contribution >= 4 is 11.8 Å². The SMILES string of the molecule is CCCC(C)COc1ccc([C@@H](CCNC(=O)Cc2ccccc2)CNC(=O)[C@H](N)CCC)cc1. The number of ether oxygens (including phenoxy) is 1. The molecule has 6 heteroatoms. The van der Waals surface area contributed by atoms with Gasteiger partial charge in [0, 0.05) is 19.0 Å². The molecule has 0 spiro atoms. The van der Waals surface area contributed by atoms with Gasteiger partial charge in [0.2, 0.25) is 11.8 Å². The van der Waals surface area contributed by atoms with Gasteiger partial charge in [-0.25, -0.2) is 0 Å². The van der Waals surface area contributed by atoms with Crippen molar-refractivity contribution in [1.29, 1.82) is 0 Å². The first-order chi connectivity index (χ1) is 16.9. The average Bonchev–Trinajstić information content (AvgIpc) is 2.86. The van der Waals surface area contributed by atoms with Gasteiger partial charge in [-0.05, 0) is 48.4 Å². The normalized spacial score (nSPS) is 13.5. The topological polar surface area (TPSA) is 93.5 Å².